The van der Waals surface area contributed by atoms with Crippen molar-refractivity contribution in [2.24, 2.45) is 0 Å². The Balaban J connectivity index is 1.79. The molecule has 2 amide bonds. The third-order valence-electron chi connectivity index (χ3n) is 3.49. The van der Waals surface area contributed by atoms with E-state index in [0.29, 0.717) is 17.0 Å². The number of hydrogen-bond acceptors (Lipinski definition) is 4. The number of carbonyl (C=O) groups excluding carboxylic acids is 2. The highest BCUT2D eigenvalue weighted by Gasteiger charge is 2.17. The molecule has 0 radical (unpaired) electrons. The van der Waals surface area contributed by atoms with Crippen LogP contribution in [0.4, 0.5) is 4.39 Å². The van der Waals surface area contributed by atoms with Gasteiger partial charge in [0.15, 0.2) is 4.77 Å². The van der Waals surface area contributed by atoms with Crippen molar-refractivity contribution in [3.05, 3.63) is 70.4 Å². The molecule has 2 heterocycles. The largest absolute Gasteiger partial charge is 0.469 e. The van der Waals surface area contributed by atoms with Gasteiger partial charge in [-0.1, -0.05) is 0 Å². The van der Waals surface area contributed by atoms with Crippen LogP contribution in [0.2, 0.25) is 0 Å². The number of carbonyl (C=O) groups is 2. The zero-order chi connectivity index (χ0) is 18.0. The fourth-order valence-electron chi connectivity index (χ4n) is 2.25. The van der Waals surface area contributed by atoms with Gasteiger partial charge in [0, 0.05) is 11.9 Å². The molecule has 2 aromatic heterocycles. The number of halogens is 1. The Morgan fingerprint density at radius 3 is 2.48 bits per heavy atom. The van der Waals surface area contributed by atoms with E-state index in [4.69, 9.17) is 16.6 Å². The summed E-state index contributed by atoms with van der Waals surface area (Å²) in [6.45, 7) is 1.63. The molecular weight excluding hydrogens is 347 g/mol. The van der Waals surface area contributed by atoms with E-state index in [-0.39, 0.29) is 10.5 Å². The topological polar surface area (TPSA) is 92.1 Å². The number of hydrogen-bond donors (Lipinski definition) is 3. The second-order valence-corrected chi connectivity index (χ2v) is 5.48. The number of aromatic amines is 1. The Bertz CT molecular complexity index is 987. The molecule has 0 atom stereocenters. The lowest BCUT2D eigenvalue weighted by Gasteiger charge is -2.10. The standard InChI is InChI=1S/C16H13FN4O3S/c1-9-12(6-7-24-9)14(22)19-20-15(23)13-8-18-16(25)21(13)11-4-2-10(17)3-5-11/h2-8H,1H3,(H,18,25)(H,19,22)(H,20,23). The molecule has 0 saturated heterocycles. The highest BCUT2D eigenvalue weighted by molar-refractivity contribution is 7.71. The summed E-state index contributed by atoms with van der Waals surface area (Å²) in [5, 5.41) is 0. The van der Waals surface area contributed by atoms with Crippen LogP contribution in [0, 0.1) is 17.5 Å². The highest BCUT2D eigenvalue weighted by Crippen LogP contribution is 2.14. The van der Waals surface area contributed by atoms with Gasteiger partial charge in [-0.25, -0.2) is 4.39 Å². The zero-order valence-electron chi connectivity index (χ0n) is 13.0. The van der Waals surface area contributed by atoms with E-state index >= 15 is 0 Å². The second kappa shape index (κ2) is 6.73. The Morgan fingerprint density at radius 1 is 1.16 bits per heavy atom. The summed E-state index contributed by atoms with van der Waals surface area (Å²) in [7, 11) is 0. The first-order valence-corrected chi connectivity index (χ1v) is 7.59. The minimum absolute atomic E-state index is 0.154. The van der Waals surface area contributed by atoms with Gasteiger partial charge in [0.1, 0.15) is 17.3 Å². The molecule has 9 heteroatoms. The number of rotatable bonds is 3. The van der Waals surface area contributed by atoms with Crippen LogP contribution in [0.1, 0.15) is 26.6 Å². The molecule has 1 aromatic carbocycles. The number of furan rings is 1. The SMILES string of the molecule is Cc1occc1C(=O)NNC(=O)c1c[nH]c(=S)n1-c1ccc(F)cc1. The van der Waals surface area contributed by atoms with E-state index in [2.05, 4.69) is 15.8 Å². The third-order valence-corrected chi connectivity index (χ3v) is 3.79. The summed E-state index contributed by atoms with van der Waals surface area (Å²) in [6, 6.07) is 6.99. The van der Waals surface area contributed by atoms with Gasteiger partial charge in [-0.2, -0.15) is 0 Å². The predicted octanol–water partition coefficient (Wildman–Crippen LogP) is 2.65. The van der Waals surface area contributed by atoms with Crippen LogP contribution in [-0.4, -0.2) is 21.4 Å². The van der Waals surface area contributed by atoms with E-state index in [1.807, 2.05) is 0 Å². The van der Waals surface area contributed by atoms with Gasteiger partial charge in [-0.05, 0) is 49.5 Å². The van der Waals surface area contributed by atoms with E-state index in [0.717, 1.165) is 0 Å². The fraction of sp³-hybridized carbons (Fsp3) is 0.0625. The molecule has 25 heavy (non-hydrogen) atoms. The normalized spacial score (nSPS) is 10.5. The molecule has 0 bridgehead atoms. The summed E-state index contributed by atoms with van der Waals surface area (Å²) < 4.78 is 19.8. The first-order valence-electron chi connectivity index (χ1n) is 7.18. The molecule has 0 aliphatic carbocycles. The van der Waals surface area contributed by atoms with Gasteiger partial charge in [-0.15, -0.1) is 0 Å². The maximum Gasteiger partial charge on any atom is 0.288 e. The van der Waals surface area contributed by atoms with Crippen LogP contribution in [0.15, 0.2) is 47.2 Å². The van der Waals surface area contributed by atoms with Crippen molar-refractivity contribution in [3.8, 4) is 5.69 Å². The summed E-state index contributed by atoms with van der Waals surface area (Å²) in [4.78, 5) is 27.1. The van der Waals surface area contributed by atoms with E-state index < -0.39 is 17.6 Å². The van der Waals surface area contributed by atoms with E-state index in [1.54, 1.807) is 6.92 Å². The van der Waals surface area contributed by atoms with Crippen molar-refractivity contribution in [2.75, 3.05) is 0 Å². The van der Waals surface area contributed by atoms with Crippen molar-refractivity contribution in [2.45, 2.75) is 6.92 Å². The van der Waals surface area contributed by atoms with Gasteiger partial charge in [-0.3, -0.25) is 25.0 Å². The fourth-order valence-corrected chi connectivity index (χ4v) is 2.51. The van der Waals surface area contributed by atoms with Crippen LogP contribution in [0.3, 0.4) is 0 Å². The molecule has 0 fully saturated rings. The number of imidazole rings is 1. The highest BCUT2D eigenvalue weighted by atomic mass is 32.1. The van der Waals surface area contributed by atoms with Crippen molar-refractivity contribution in [1.82, 2.24) is 20.4 Å². The number of aryl methyl sites for hydroxylation is 1. The lowest BCUT2D eigenvalue weighted by atomic mass is 10.2. The Morgan fingerprint density at radius 2 is 1.84 bits per heavy atom. The molecule has 0 aliphatic rings. The number of nitrogens with zero attached hydrogens (tertiary/aromatic N) is 1. The molecular formula is C16H13FN4O3S. The van der Waals surface area contributed by atoms with Gasteiger partial charge < -0.3 is 9.40 Å². The van der Waals surface area contributed by atoms with Crippen molar-refractivity contribution in [1.29, 1.82) is 0 Å². The van der Waals surface area contributed by atoms with Crippen molar-refractivity contribution >= 4 is 24.0 Å². The molecule has 128 valence electrons. The minimum Gasteiger partial charge on any atom is -0.469 e. The Kier molecular flexibility index (Phi) is 4.48. The number of nitrogens with one attached hydrogen (secondary N) is 3. The van der Waals surface area contributed by atoms with Gasteiger partial charge in [0.2, 0.25) is 0 Å². The summed E-state index contributed by atoms with van der Waals surface area (Å²) in [5.74, 6) is -1.07. The molecule has 7 nitrogen and oxygen atoms in total. The Hall–Kier alpha value is -3.20. The van der Waals surface area contributed by atoms with E-state index in [1.165, 1.54) is 47.4 Å². The molecule has 0 unspecified atom stereocenters. The summed E-state index contributed by atoms with van der Waals surface area (Å²) in [6.07, 6.45) is 2.78. The number of hydrazine groups is 1. The first-order chi connectivity index (χ1) is 12.0. The molecule has 0 aliphatic heterocycles. The number of amides is 2. The first kappa shape index (κ1) is 16.7. The lowest BCUT2D eigenvalue weighted by Crippen LogP contribution is -2.42. The predicted molar refractivity (Wildman–Crippen MR) is 89.3 cm³/mol. The zero-order valence-corrected chi connectivity index (χ0v) is 13.8. The number of aromatic nitrogens is 2. The molecule has 3 N–H and O–H groups in total. The quantitative estimate of drug-likeness (QED) is 0.495. The van der Waals surface area contributed by atoms with Crippen molar-refractivity contribution in [3.63, 3.8) is 0 Å². The van der Waals surface area contributed by atoms with Gasteiger partial charge in [0.25, 0.3) is 11.8 Å². The van der Waals surface area contributed by atoms with Gasteiger partial charge >= 0.3 is 0 Å². The molecule has 3 rings (SSSR count). The van der Waals surface area contributed by atoms with Crippen LogP contribution in [0.5, 0.6) is 0 Å². The third kappa shape index (κ3) is 3.36. The monoisotopic (exact) mass is 360 g/mol. The van der Waals surface area contributed by atoms with Crippen LogP contribution in [0.25, 0.3) is 5.69 Å². The smallest absolute Gasteiger partial charge is 0.288 e. The summed E-state index contributed by atoms with van der Waals surface area (Å²) in [5.41, 5.74) is 5.58. The average molecular weight is 360 g/mol. The van der Waals surface area contributed by atoms with Gasteiger partial charge in [0.05, 0.1) is 11.8 Å². The lowest BCUT2D eigenvalue weighted by molar-refractivity contribution is 0.0842. The van der Waals surface area contributed by atoms with Crippen LogP contribution < -0.4 is 10.9 Å². The summed E-state index contributed by atoms with van der Waals surface area (Å²) >= 11 is 5.16. The number of H-pyrrole nitrogens is 1. The minimum atomic E-state index is -0.592. The van der Waals surface area contributed by atoms with E-state index in [9.17, 15) is 14.0 Å². The maximum absolute atomic E-state index is 13.1. The molecule has 3 aromatic rings. The van der Waals surface area contributed by atoms with Crippen molar-refractivity contribution < 1.29 is 18.4 Å². The van der Waals surface area contributed by atoms with Crippen LogP contribution in [-0.2, 0) is 0 Å². The molecule has 0 saturated carbocycles. The van der Waals surface area contributed by atoms with Crippen LogP contribution >= 0.6 is 12.2 Å². The Labute approximate surface area is 146 Å². The maximum atomic E-state index is 13.1. The molecule has 0 spiro atoms. The average Bonchev–Trinajstić information content (AvgIpc) is 3.19. The number of benzene rings is 1. The second-order valence-electron chi connectivity index (χ2n) is 5.09.